The zero-order valence-electron chi connectivity index (χ0n) is 4.91. The molecule has 52 valence electrons. The summed E-state index contributed by atoms with van der Waals surface area (Å²) in [6.07, 6.45) is -0.212. The summed E-state index contributed by atoms with van der Waals surface area (Å²) in [6.45, 7) is 1.60. The molecule has 0 N–H and O–H groups in total. The smallest absolute Gasteiger partial charge is 0.293 e. The SMILES string of the molecule is O=COC1COCOC1. The second-order valence-corrected chi connectivity index (χ2v) is 1.71. The van der Waals surface area contributed by atoms with Crippen molar-refractivity contribution in [2.75, 3.05) is 20.0 Å². The largest absolute Gasteiger partial charge is 0.460 e. The van der Waals surface area contributed by atoms with Crippen LogP contribution >= 0.6 is 0 Å². The van der Waals surface area contributed by atoms with Gasteiger partial charge in [0.05, 0.1) is 13.2 Å². The summed E-state index contributed by atoms with van der Waals surface area (Å²) in [5.74, 6) is 0. The van der Waals surface area contributed by atoms with Gasteiger partial charge >= 0.3 is 0 Å². The molecular weight excluding hydrogens is 124 g/mol. The Bertz CT molecular complexity index is 87.0. The number of carbonyl (C=O) groups is 1. The molecule has 1 heterocycles. The topological polar surface area (TPSA) is 44.8 Å². The standard InChI is InChI=1S/C5H8O4/c6-3-9-5-1-7-4-8-2-5/h3,5H,1-2,4H2. The van der Waals surface area contributed by atoms with Crippen molar-refractivity contribution in [1.82, 2.24) is 0 Å². The van der Waals surface area contributed by atoms with Crippen LogP contribution in [0.1, 0.15) is 0 Å². The van der Waals surface area contributed by atoms with Gasteiger partial charge in [0, 0.05) is 0 Å². The molecule has 4 nitrogen and oxygen atoms in total. The van der Waals surface area contributed by atoms with Crippen molar-refractivity contribution >= 4 is 6.47 Å². The molecule has 0 aromatic rings. The highest BCUT2D eigenvalue weighted by Gasteiger charge is 2.13. The van der Waals surface area contributed by atoms with Crippen LogP contribution < -0.4 is 0 Å². The molecule has 0 aromatic carbocycles. The van der Waals surface area contributed by atoms with Crippen LogP contribution in [0.25, 0.3) is 0 Å². The maximum atomic E-state index is 9.74. The third-order valence-electron chi connectivity index (χ3n) is 1.02. The number of hydrogen-bond donors (Lipinski definition) is 0. The predicted octanol–water partition coefficient (Wildman–Crippen LogP) is -0.468. The average Bonchev–Trinajstić information content (AvgIpc) is 1.91. The van der Waals surface area contributed by atoms with Crippen molar-refractivity contribution in [3.63, 3.8) is 0 Å². The van der Waals surface area contributed by atoms with Crippen LogP contribution in [0.15, 0.2) is 0 Å². The van der Waals surface area contributed by atoms with Gasteiger partial charge in [-0.2, -0.15) is 0 Å². The molecule has 1 aliphatic rings. The third-order valence-corrected chi connectivity index (χ3v) is 1.02. The normalized spacial score (nSPS) is 21.3. The highest BCUT2D eigenvalue weighted by atomic mass is 16.7. The van der Waals surface area contributed by atoms with E-state index in [1.807, 2.05) is 0 Å². The van der Waals surface area contributed by atoms with Gasteiger partial charge in [0.1, 0.15) is 12.9 Å². The van der Waals surface area contributed by atoms with Crippen LogP contribution in [0.4, 0.5) is 0 Å². The van der Waals surface area contributed by atoms with Gasteiger partial charge < -0.3 is 14.2 Å². The van der Waals surface area contributed by atoms with Gasteiger partial charge in [0.2, 0.25) is 0 Å². The van der Waals surface area contributed by atoms with E-state index in [2.05, 4.69) is 4.74 Å². The Morgan fingerprint density at radius 1 is 1.44 bits per heavy atom. The second-order valence-electron chi connectivity index (χ2n) is 1.71. The minimum absolute atomic E-state index is 0.212. The van der Waals surface area contributed by atoms with Crippen LogP contribution in [0.3, 0.4) is 0 Å². The molecule has 4 heteroatoms. The first kappa shape index (κ1) is 6.51. The number of carbonyl (C=O) groups excluding carboxylic acids is 1. The average molecular weight is 132 g/mol. The first-order chi connectivity index (χ1) is 4.43. The lowest BCUT2D eigenvalue weighted by molar-refractivity contribution is -0.172. The van der Waals surface area contributed by atoms with E-state index in [1.54, 1.807) is 0 Å². The molecule has 0 atom stereocenters. The molecule has 1 rings (SSSR count). The fourth-order valence-electron chi connectivity index (χ4n) is 0.623. The van der Waals surface area contributed by atoms with Crippen molar-refractivity contribution in [1.29, 1.82) is 0 Å². The summed E-state index contributed by atoms with van der Waals surface area (Å²) in [6, 6.07) is 0. The molecule has 0 aliphatic carbocycles. The van der Waals surface area contributed by atoms with Crippen molar-refractivity contribution in [2.24, 2.45) is 0 Å². The molecule has 1 saturated heterocycles. The quantitative estimate of drug-likeness (QED) is 0.476. The third kappa shape index (κ3) is 1.99. The van der Waals surface area contributed by atoms with E-state index >= 15 is 0 Å². The van der Waals surface area contributed by atoms with Crippen molar-refractivity contribution in [2.45, 2.75) is 6.10 Å². The molecule has 0 aromatic heterocycles. The van der Waals surface area contributed by atoms with Crippen LogP contribution in [-0.4, -0.2) is 32.6 Å². The number of hydrogen-bond acceptors (Lipinski definition) is 4. The summed E-state index contributed by atoms with van der Waals surface area (Å²) in [4.78, 5) is 9.74. The fourth-order valence-corrected chi connectivity index (χ4v) is 0.623. The van der Waals surface area contributed by atoms with Gasteiger partial charge in [-0.1, -0.05) is 0 Å². The lowest BCUT2D eigenvalue weighted by Gasteiger charge is -2.19. The Hall–Kier alpha value is -0.610. The molecule has 0 saturated carbocycles. The summed E-state index contributed by atoms with van der Waals surface area (Å²) >= 11 is 0. The Labute approximate surface area is 52.7 Å². The van der Waals surface area contributed by atoms with Gasteiger partial charge in [0.15, 0.2) is 0 Å². The van der Waals surface area contributed by atoms with Gasteiger partial charge in [0.25, 0.3) is 6.47 Å². The Morgan fingerprint density at radius 3 is 2.67 bits per heavy atom. The van der Waals surface area contributed by atoms with E-state index in [4.69, 9.17) is 9.47 Å². The van der Waals surface area contributed by atoms with Gasteiger partial charge in [-0.15, -0.1) is 0 Å². The zero-order valence-corrected chi connectivity index (χ0v) is 4.91. The summed E-state index contributed by atoms with van der Waals surface area (Å²) in [5.41, 5.74) is 0. The molecule has 0 radical (unpaired) electrons. The van der Waals surface area contributed by atoms with E-state index < -0.39 is 0 Å². The minimum Gasteiger partial charge on any atom is -0.460 e. The van der Waals surface area contributed by atoms with E-state index in [9.17, 15) is 4.79 Å². The minimum atomic E-state index is -0.212. The summed E-state index contributed by atoms with van der Waals surface area (Å²) < 4.78 is 14.2. The predicted molar refractivity (Wildman–Crippen MR) is 27.7 cm³/mol. The maximum Gasteiger partial charge on any atom is 0.293 e. The van der Waals surface area contributed by atoms with Gasteiger partial charge in [-0.3, -0.25) is 4.79 Å². The Morgan fingerprint density at radius 2 is 2.11 bits per heavy atom. The van der Waals surface area contributed by atoms with Gasteiger partial charge in [-0.05, 0) is 0 Å². The van der Waals surface area contributed by atoms with E-state index in [1.165, 1.54) is 0 Å². The van der Waals surface area contributed by atoms with Crippen LogP contribution in [0.5, 0.6) is 0 Å². The molecular formula is C5H8O4. The highest BCUT2D eigenvalue weighted by molar-refractivity contribution is 5.37. The molecule has 0 unspecified atom stereocenters. The Kier molecular flexibility index (Phi) is 2.48. The molecule has 0 bridgehead atoms. The van der Waals surface area contributed by atoms with Crippen LogP contribution in [0.2, 0.25) is 0 Å². The molecule has 9 heavy (non-hydrogen) atoms. The lowest BCUT2D eigenvalue weighted by atomic mass is 10.4. The first-order valence-electron chi connectivity index (χ1n) is 2.68. The van der Waals surface area contributed by atoms with Gasteiger partial charge in [-0.25, -0.2) is 0 Å². The molecule has 0 amide bonds. The number of ether oxygens (including phenoxy) is 3. The summed E-state index contributed by atoms with van der Waals surface area (Å²) in [7, 11) is 0. The van der Waals surface area contributed by atoms with Crippen molar-refractivity contribution in [3.05, 3.63) is 0 Å². The Balaban J connectivity index is 2.15. The van der Waals surface area contributed by atoms with Crippen molar-refractivity contribution in [3.8, 4) is 0 Å². The lowest BCUT2D eigenvalue weighted by Crippen LogP contribution is -2.31. The monoisotopic (exact) mass is 132 g/mol. The zero-order chi connectivity index (χ0) is 6.53. The van der Waals surface area contributed by atoms with E-state index in [0.717, 1.165) is 0 Å². The summed E-state index contributed by atoms with van der Waals surface area (Å²) in [5, 5.41) is 0. The van der Waals surface area contributed by atoms with Crippen molar-refractivity contribution < 1.29 is 19.0 Å². The second kappa shape index (κ2) is 3.42. The highest BCUT2D eigenvalue weighted by Crippen LogP contribution is 1.98. The van der Waals surface area contributed by atoms with Crippen LogP contribution in [-0.2, 0) is 19.0 Å². The molecule has 1 aliphatic heterocycles. The van der Waals surface area contributed by atoms with Crippen LogP contribution in [0, 0.1) is 0 Å². The fraction of sp³-hybridized carbons (Fsp3) is 0.800. The molecule has 1 fully saturated rings. The van der Waals surface area contributed by atoms with E-state index in [0.29, 0.717) is 26.5 Å². The van der Waals surface area contributed by atoms with E-state index in [-0.39, 0.29) is 6.10 Å². The maximum absolute atomic E-state index is 9.74. The molecule has 0 spiro atoms. The number of rotatable bonds is 2. The first-order valence-corrected chi connectivity index (χ1v) is 2.68.